The lowest BCUT2D eigenvalue weighted by atomic mass is 9.90. The maximum absolute atomic E-state index is 13.0. The number of benzene rings is 1. The molecule has 0 aliphatic heterocycles. The van der Waals surface area contributed by atoms with Crippen LogP contribution in [0.5, 0.6) is 0 Å². The van der Waals surface area contributed by atoms with E-state index in [-0.39, 0.29) is 17.1 Å². The smallest absolute Gasteiger partial charge is 0.232 e. The molecule has 1 amide bonds. The van der Waals surface area contributed by atoms with Crippen molar-refractivity contribution in [1.82, 2.24) is 4.90 Å². The van der Waals surface area contributed by atoms with Crippen LogP contribution in [0.4, 0.5) is 4.39 Å². The highest BCUT2D eigenvalue weighted by atomic mass is 19.1. The van der Waals surface area contributed by atoms with Gasteiger partial charge in [0.25, 0.3) is 0 Å². The molecule has 3 nitrogen and oxygen atoms in total. The third-order valence-electron chi connectivity index (χ3n) is 4.12. The van der Waals surface area contributed by atoms with Crippen LogP contribution in [0.25, 0.3) is 0 Å². The Kier molecular flexibility index (Phi) is 3.87. The van der Waals surface area contributed by atoms with Crippen LogP contribution in [0.2, 0.25) is 0 Å². The van der Waals surface area contributed by atoms with Gasteiger partial charge in [-0.2, -0.15) is 0 Å². The minimum absolute atomic E-state index is 0.0940. The third-order valence-corrected chi connectivity index (χ3v) is 4.12. The topological polar surface area (TPSA) is 46.3 Å². The van der Waals surface area contributed by atoms with E-state index in [4.69, 9.17) is 5.73 Å². The monoisotopic (exact) mass is 278 g/mol. The molecule has 0 heterocycles. The minimum Gasteiger partial charge on any atom is -0.344 e. The van der Waals surface area contributed by atoms with Gasteiger partial charge >= 0.3 is 0 Å². The van der Waals surface area contributed by atoms with E-state index in [0.717, 1.165) is 18.4 Å². The minimum atomic E-state index is -0.437. The molecule has 0 atom stereocenters. The van der Waals surface area contributed by atoms with Gasteiger partial charge in [-0.15, -0.1) is 0 Å². The predicted molar refractivity (Wildman–Crippen MR) is 77.8 cm³/mol. The highest BCUT2D eigenvalue weighted by molar-refractivity contribution is 5.91. The standard InChI is InChI=1S/C16H23FN2O/c1-15(2,10-18)11-19(3)14(20)16(8-9-16)12-4-6-13(17)7-5-12/h4-7H,8-11,18H2,1-3H3. The molecule has 1 aromatic rings. The second-order valence-electron chi connectivity index (χ2n) is 6.62. The molecule has 4 heteroatoms. The summed E-state index contributed by atoms with van der Waals surface area (Å²) in [7, 11) is 1.82. The molecule has 110 valence electrons. The number of amides is 1. The van der Waals surface area contributed by atoms with Gasteiger partial charge in [0.2, 0.25) is 5.91 Å². The van der Waals surface area contributed by atoms with E-state index in [9.17, 15) is 9.18 Å². The summed E-state index contributed by atoms with van der Waals surface area (Å²) in [5.41, 5.74) is 6.11. The van der Waals surface area contributed by atoms with Crippen LogP contribution < -0.4 is 5.73 Å². The van der Waals surface area contributed by atoms with Gasteiger partial charge in [-0.05, 0) is 42.5 Å². The first kappa shape index (κ1) is 15.0. The second-order valence-corrected chi connectivity index (χ2v) is 6.62. The van der Waals surface area contributed by atoms with E-state index in [1.807, 2.05) is 20.9 Å². The van der Waals surface area contributed by atoms with Crippen molar-refractivity contribution in [3.05, 3.63) is 35.6 Å². The van der Waals surface area contributed by atoms with Crippen LogP contribution in [0.15, 0.2) is 24.3 Å². The Morgan fingerprint density at radius 1 is 1.35 bits per heavy atom. The Hall–Kier alpha value is -1.42. The molecular formula is C16H23FN2O. The Balaban J connectivity index is 2.14. The number of rotatable bonds is 5. The third kappa shape index (κ3) is 2.85. The Labute approximate surface area is 120 Å². The van der Waals surface area contributed by atoms with Crippen molar-refractivity contribution < 1.29 is 9.18 Å². The maximum atomic E-state index is 13.0. The highest BCUT2D eigenvalue weighted by Crippen LogP contribution is 2.49. The quantitative estimate of drug-likeness (QED) is 0.898. The van der Waals surface area contributed by atoms with Crippen LogP contribution in [0.1, 0.15) is 32.3 Å². The van der Waals surface area contributed by atoms with Gasteiger partial charge in [0.05, 0.1) is 5.41 Å². The van der Waals surface area contributed by atoms with E-state index in [1.165, 1.54) is 12.1 Å². The summed E-state index contributed by atoms with van der Waals surface area (Å²) in [5.74, 6) is -0.153. The van der Waals surface area contributed by atoms with Crippen LogP contribution in [0, 0.1) is 11.2 Å². The van der Waals surface area contributed by atoms with Crippen molar-refractivity contribution in [2.24, 2.45) is 11.1 Å². The van der Waals surface area contributed by atoms with Crippen LogP contribution in [-0.4, -0.2) is 30.9 Å². The summed E-state index contributed by atoms with van der Waals surface area (Å²) in [6, 6.07) is 6.29. The number of hydrogen-bond acceptors (Lipinski definition) is 2. The lowest BCUT2D eigenvalue weighted by molar-refractivity contribution is -0.133. The predicted octanol–water partition coefficient (Wildman–Crippen LogP) is 2.30. The average molecular weight is 278 g/mol. The summed E-state index contributed by atoms with van der Waals surface area (Å²) >= 11 is 0. The van der Waals surface area contributed by atoms with Crippen molar-refractivity contribution in [3.8, 4) is 0 Å². The Morgan fingerprint density at radius 2 is 1.90 bits per heavy atom. The zero-order valence-corrected chi connectivity index (χ0v) is 12.4. The van der Waals surface area contributed by atoms with Gasteiger partial charge in [0.1, 0.15) is 5.82 Å². The van der Waals surface area contributed by atoms with Crippen molar-refractivity contribution in [1.29, 1.82) is 0 Å². The molecular weight excluding hydrogens is 255 g/mol. The molecule has 1 aliphatic rings. The molecule has 0 aromatic heterocycles. The van der Waals surface area contributed by atoms with E-state index in [2.05, 4.69) is 0 Å². The van der Waals surface area contributed by atoms with Crippen molar-refractivity contribution in [2.45, 2.75) is 32.1 Å². The fourth-order valence-corrected chi connectivity index (χ4v) is 2.66. The summed E-state index contributed by atoms with van der Waals surface area (Å²) < 4.78 is 13.0. The summed E-state index contributed by atoms with van der Waals surface area (Å²) in [6.45, 7) is 5.27. The van der Waals surface area contributed by atoms with Crippen LogP contribution >= 0.6 is 0 Å². The zero-order valence-electron chi connectivity index (χ0n) is 12.4. The molecule has 1 saturated carbocycles. The first-order valence-electron chi connectivity index (χ1n) is 7.02. The first-order chi connectivity index (χ1) is 9.31. The summed E-state index contributed by atoms with van der Waals surface area (Å²) in [4.78, 5) is 14.5. The molecule has 1 aromatic carbocycles. The number of carbonyl (C=O) groups is 1. The van der Waals surface area contributed by atoms with E-state index >= 15 is 0 Å². The largest absolute Gasteiger partial charge is 0.344 e. The number of halogens is 1. The number of hydrogen-bond donors (Lipinski definition) is 1. The molecule has 0 bridgehead atoms. The van der Waals surface area contributed by atoms with Gasteiger partial charge in [0, 0.05) is 13.6 Å². The van der Waals surface area contributed by atoms with E-state index < -0.39 is 5.41 Å². The maximum Gasteiger partial charge on any atom is 0.232 e. The fourth-order valence-electron chi connectivity index (χ4n) is 2.66. The molecule has 2 rings (SSSR count). The van der Waals surface area contributed by atoms with Crippen LogP contribution in [0.3, 0.4) is 0 Å². The van der Waals surface area contributed by atoms with Gasteiger partial charge in [-0.1, -0.05) is 26.0 Å². The SMILES string of the molecule is CN(CC(C)(C)CN)C(=O)C1(c2ccc(F)cc2)CC1. The van der Waals surface area contributed by atoms with Crippen LogP contribution in [-0.2, 0) is 10.2 Å². The van der Waals surface area contributed by atoms with Crippen molar-refractivity contribution in [3.63, 3.8) is 0 Å². The number of nitrogens with zero attached hydrogens (tertiary/aromatic N) is 1. The molecule has 0 radical (unpaired) electrons. The highest BCUT2D eigenvalue weighted by Gasteiger charge is 2.52. The lowest BCUT2D eigenvalue weighted by Gasteiger charge is -2.31. The zero-order chi connectivity index (χ0) is 15.0. The van der Waals surface area contributed by atoms with Crippen molar-refractivity contribution in [2.75, 3.05) is 20.1 Å². The Bertz CT molecular complexity index is 492. The average Bonchev–Trinajstić information content (AvgIpc) is 3.19. The molecule has 0 spiro atoms. The van der Waals surface area contributed by atoms with E-state index in [1.54, 1.807) is 17.0 Å². The van der Waals surface area contributed by atoms with Crippen molar-refractivity contribution >= 4 is 5.91 Å². The number of nitrogens with two attached hydrogens (primary N) is 1. The fraction of sp³-hybridized carbons (Fsp3) is 0.562. The Morgan fingerprint density at radius 3 is 2.35 bits per heavy atom. The lowest BCUT2D eigenvalue weighted by Crippen LogP contribution is -2.44. The molecule has 2 N–H and O–H groups in total. The van der Waals surface area contributed by atoms with Gasteiger partial charge < -0.3 is 10.6 Å². The molecule has 0 unspecified atom stereocenters. The second kappa shape index (κ2) is 5.17. The van der Waals surface area contributed by atoms with E-state index in [0.29, 0.717) is 13.1 Å². The molecule has 1 fully saturated rings. The molecule has 0 saturated heterocycles. The number of likely N-dealkylation sites (N-methyl/N-ethyl adjacent to an activating group) is 1. The summed E-state index contributed by atoms with van der Waals surface area (Å²) in [5, 5.41) is 0. The summed E-state index contributed by atoms with van der Waals surface area (Å²) in [6.07, 6.45) is 1.68. The first-order valence-corrected chi connectivity index (χ1v) is 7.02. The molecule has 1 aliphatic carbocycles. The number of carbonyl (C=O) groups excluding carboxylic acids is 1. The van der Waals surface area contributed by atoms with Gasteiger partial charge in [0.15, 0.2) is 0 Å². The normalized spacial score (nSPS) is 16.9. The van der Waals surface area contributed by atoms with Gasteiger partial charge in [-0.25, -0.2) is 4.39 Å². The van der Waals surface area contributed by atoms with Gasteiger partial charge in [-0.3, -0.25) is 4.79 Å². The molecule has 20 heavy (non-hydrogen) atoms.